The van der Waals surface area contributed by atoms with Crippen LogP contribution in [0.2, 0.25) is 0 Å². The van der Waals surface area contributed by atoms with Gasteiger partial charge in [-0.2, -0.15) is 0 Å². The molecular formula is C14H10N4O3. The van der Waals surface area contributed by atoms with E-state index in [2.05, 4.69) is 10.3 Å². The van der Waals surface area contributed by atoms with Crippen LogP contribution in [0.5, 0.6) is 5.75 Å². The highest BCUT2D eigenvalue weighted by Crippen LogP contribution is 2.24. The largest absolute Gasteiger partial charge is 0.506 e. The van der Waals surface area contributed by atoms with E-state index in [4.69, 9.17) is 0 Å². The van der Waals surface area contributed by atoms with Crippen molar-refractivity contribution in [3.63, 3.8) is 0 Å². The number of non-ortho nitro benzene ring substituents is 1. The number of para-hydroxylation sites is 2. The second-order valence-corrected chi connectivity index (χ2v) is 4.34. The fourth-order valence-corrected chi connectivity index (χ4v) is 1.93. The van der Waals surface area contributed by atoms with Crippen molar-refractivity contribution in [2.45, 2.75) is 0 Å². The molecule has 0 unspecified atom stereocenters. The number of hydrogen-bond donors (Lipinski definition) is 1. The summed E-state index contributed by atoms with van der Waals surface area (Å²) in [5.41, 5.74) is 1.81. The first kappa shape index (κ1) is 12.8. The molecule has 104 valence electrons. The molecule has 0 atom stereocenters. The molecule has 0 saturated carbocycles. The average Bonchev–Trinajstić information content (AvgIpc) is 2.97. The minimum atomic E-state index is -0.456. The molecule has 0 radical (unpaired) electrons. The van der Waals surface area contributed by atoms with E-state index in [1.54, 1.807) is 42.6 Å². The van der Waals surface area contributed by atoms with Gasteiger partial charge in [-0.3, -0.25) is 10.1 Å². The lowest BCUT2D eigenvalue weighted by Gasteiger charge is -2.01. The summed E-state index contributed by atoms with van der Waals surface area (Å²) in [6, 6.07) is 12.8. The Labute approximate surface area is 119 Å². The van der Waals surface area contributed by atoms with Crippen LogP contribution in [0.15, 0.2) is 54.7 Å². The van der Waals surface area contributed by atoms with Crippen molar-refractivity contribution in [2.24, 2.45) is 0 Å². The fourth-order valence-electron chi connectivity index (χ4n) is 1.93. The zero-order valence-electron chi connectivity index (χ0n) is 10.7. The molecule has 3 rings (SSSR count). The van der Waals surface area contributed by atoms with Gasteiger partial charge in [0.25, 0.3) is 5.69 Å². The number of phenolic OH excluding ortho intramolecular Hbond substituents is 1. The lowest BCUT2D eigenvalue weighted by molar-refractivity contribution is -0.384. The summed E-state index contributed by atoms with van der Waals surface area (Å²) >= 11 is 0. The standard InChI is InChI=1S/C14H10N4O3/c19-14-4-2-1-3-13(14)17-9-12(15-16-17)10-5-7-11(8-6-10)18(20)21/h1-9,19H. The molecule has 3 aromatic rings. The molecule has 2 aromatic carbocycles. The maximum absolute atomic E-state index is 10.6. The Bertz CT molecular complexity index is 796. The monoisotopic (exact) mass is 282 g/mol. The van der Waals surface area contributed by atoms with Crippen LogP contribution in [0.4, 0.5) is 5.69 Å². The number of nitro benzene ring substituents is 1. The van der Waals surface area contributed by atoms with Gasteiger partial charge >= 0.3 is 0 Å². The lowest BCUT2D eigenvalue weighted by atomic mass is 10.1. The van der Waals surface area contributed by atoms with Gasteiger partial charge in [-0.15, -0.1) is 5.10 Å². The Morgan fingerprint density at radius 3 is 2.48 bits per heavy atom. The Morgan fingerprint density at radius 1 is 1.10 bits per heavy atom. The Hall–Kier alpha value is -3.22. The van der Waals surface area contributed by atoms with E-state index in [-0.39, 0.29) is 11.4 Å². The summed E-state index contributed by atoms with van der Waals surface area (Å²) in [6.45, 7) is 0. The fraction of sp³-hybridized carbons (Fsp3) is 0. The number of rotatable bonds is 3. The van der Waals surface area contributed by atoms with Gasteiger partial charge in [-0.25, -0.2) is 4.68 Å². The molecule has 0 saturated heterocycles. The number of aromatic nitrogens is 3. The van der Waals surface area contributed by atoms with Crippen LogP contribution in [0.1, 0.15) is 0 Å². The molecule has 1 N–H and O–H groups in total. The van der Waals surface area contributed by atoms with E-state index in [0.29, 0.717) is 16.9 Å². The first-order valence-corrected chi connectivity index (χ1v) is 6.11. The summed E-state index contributed by atoms with van der Waals surface area (Å²) in [7, 11) is 0. The van der Waals surface area contributed by atoms with Crippen LogP contribution in [-0.2, 0) is 0 Å². The van der Waals surface area contributed by atoms with Gasteiger partial charge in [0, 0.05) is 17.7 Å². The van der Waals surface area contributed by atoms with Gasteiger partial charge < -0.3 is 5.11 Å². The zero-order chi connectivity index (χ0) is 14.8. The Balaban J connectivity index is 1.95. The third kappa shape index (κ3) is 2.44. The van der Waals surface area contributed by atoms with Crippen molar-refractivity contribution in [1.82, 2.24) is 15.0 Å². The van der Waals surface area contributed by atoms with Crippen molar-refractivity contribution >= 4 is 5.69 Å². The maximum atomic E-state index is 10.6. The minimum absolute atomic E-state index is 0.0202. The lowest BCUT2D eigenvalue weighted by Crippen LogP contribution is -1.94. The second kappa shape index (κ2) is 5.04. The van der Waals surface area contributed by atoms with Gasteiger partial charge in [-0.1, -0.05) is 17.3 Å². The molecule has 1 heterocycles. The number of phenols is 1. The Morgan fingerprint density at radius 2 is 1.81 bits per heavy atom. The molecule has 0 bridgehead atoms. The summed E-state index contributed by atoms with van der Waals surface area (Å²) in [6.07, 6.45) is 1.65. The molecule has 0 aliphatic heterocycles. The molecule has 0 amide bonds. The second-order valence-electron chi connectivity index (χ2n) is 4.34. The highest BCUT2D eigenvalue weighted by atomic mass is 16.6. The van der Waals surface area contributed by atoms with Crippen molar-refractivity contribution < 1.29 is 10.0 Å². The summed E-state index contributed by atoms with van der Waals surface area (Å²) in [4.78, 5) is 10.2. The molecular weight excluding hydrogens is 272 g/mol. The van der Waals surface area contributed by atoms with E-state index >= 15 is 0 Å². The summed E-state index contributed by atoms with van der Waals surface area (Å²) < 4.78 is 1.45. The van der Waals surface area contributed by atoms with Gasteiger partial charge in [0.15, 0.2) is 0 Å². The van der Waals surface area contributed by atoms with E-state index in [0.717, 1.165) is 0 Å². The van der Waals surface area contributed by atoms with Crippen molar-refractivity contribution in [3.05, 3.63) is 64.8 Å². The normalized spacial score (nSPS) is 10.5. The third-order valence-electron chi connectivity index (χ3n) is 3.00. The van der Waals surface area contributed by atoms with E-state index in [1.807, 2.05) is 0 Å². The topological polar surface area (TPSA) is 94.1 Å². The number of aromatic hydroxyl groups is 1. The zero-order valence-corrected chi connectivity index (χ0v) is 10.7. The van der Waals surface area contributed by atoms with Gasteiger partial charge in [0.2, 0.25) is 0 Å². The van der Waals surface area contributed by atoms with Crippen molar-refractivity contribution in [3.8, 4) is 22.7 Å². The molecule has 0 aliphatic carbocycles. The highest BCUT2D eigenvalue weighted by molar-refractivity contribution is 5.60. The predicted molar refractivity (Wildman–Crippen MR) is 75.1 cm³/mol. The van der Waals surface area contributed by atoms with E-state index in [9.17, 15) is 15.2 Å². The predicted octanol–water partition coefficient (Wildman–Crippen LogP) is 2.55. The van der Waals surface area contributed by atoms with Gasteiger partial charge in [-0.05, 0) is 24.3 Å². The number of nitrogens with zero attached hydrogens (tertiary/aromatic N) is 4. The van der Waals surface area contributed by atoms with Gasteiger partial charge in [0.05, 0.1) is 11.1 Å². The summed E-state index contributed by atoms with van der Waals surface area (Å²) in [5.74, 6) is 0.0950. The molecule has 0 spiro atoms. The number of nitro groups is 1. The van der Waals surface area contributed by atoms with Gasteiger partial charge in [0.1, 0.15) is 17.1 Å². The summed E-state index contributed by atoms with van der Waals surface area (Å²) in [5, 5.41) is 28.4. The van der Waals surface area contributed by atoms with Crippen LogP contribution in [0, 0.1) is 10.1 Å². The molecule has 0 aliphatic rings. The minimum Gasteiger partial charge on any atom is -0.506 e. The average molecular weight is 282 g/mol. The maximum Gasteiger partial charge on any atom is 0.269 e. The molecule has 7 heteroatoms. The third-order valence-corrected chi connectivity index (χ3v) is 3.00. The van der Waals surface area contributed by atoms with Crippen molar-refractivity contribution in [1.29, 1.82) is 0 Å². The van der Waals surface area contributed by atoms with E-state index in [1.165, 1.54) is 16.8 Å². The number of benzene rings is 2. The first-order valence-electron chi connectivity index (χ1n) is 6.11. The first-order chi connectivity index (χ1) is 10.1. The quantitative estimate of drug-likeness (QED) is 0.588. The highest BCUT2D eigenvalue weighted by Gasteiger charge is 2.10. The van der Waals surface area contributed by atoms with Crippen LogP contribution in [0.25, 0.3) is 16.9 Å². The van der Waals surface area contributed by atoms with Crippen LogP contribution < -0.4 is 0 Å². The SMILES string of the molecule is O=[N+]([O-])c1ccc(-c2cn(-c3ccccc3O)nn2)cc1. The molecule has 21 heavy (non-hydrogen) atoms. The van der Waals surface area contributed by atoms with Crippen LogP contribution >= 0.6 is 0 Å². The molecule has 1 aromatic heterocycles. The van der Waals surface area contributed by atoms with Crippen molar-refractivity contribution in [2.75, 3.05) is 0 Å². The number of hydrogen-bond acceptors (Lipinski definition) is 5. The Kier molecular flexibility index (Phi) is 3.07. The van der Waals surface area contributed by atoms with Crippen LogP contribution in [0.3, 0.4) is 0 Å². The van der Waals surface area contributed by atoms with Crippen LogP contribution in [-0.4, -0.2) is 25.0 Å². The molecule has 0 fully saturated rings. The smallest absolute Gasteiger partial charge is 0.269 e. The van der Waals surface area contributed by atoms with E-state index < -0.39 is 4.92 Å². The molecule has 7 nitrogen and oxygen atoms in total.